The normalized spacial score (nSPS) is 24.2. The van der Waals surface area contributed by atoms with Gasteiger partial charge >= 0.3 is 0 Å². The molecule has 4 aliphatic rings. The van der Waals surface area contributed by atoms with Crippen LogP contribution in [0.4, 0.5) is 28.4 Å². The smallest absolute Gasteiger partial charge is 0.260 e. The van der Waals surface area contributed by atoms with Gasteiger partial charge in [-0.2, -0.15) is 15.2 Å². The molecular formula is C47H39Cl3N6O6. The molecule has 4 amide bonds. The molecule has 314 valence electrons. The zero-order valence-corrected chi connectivity index (χ0v) is 35.9. The number of anilines is 3. The molecule has 6 atom stereocenters. The number of carbonyl (C=O) groups excluding carboxylic acids is 4. The lowest BCUT2D eigenvalue weighted by molar-refractivity contribution is -0.138. The number of allylic oxidation sites excluding steroid dienone is 2. The van der Waals surface area contributed by atoms with Crippen molar-refractivity contribution in [1.82, 2.24) is 5.01 Å². The number of fused-ring (bicyclic) bond motifs is 4. The molecule has 0 radical (unpaired) electrons. The molecule has 0 aromatic heterocycles. The van der Waals surface area contributed by atoms with Crippen molar-refractivity contribution in [3.05, 3.63) is 147 Å². The zero-order chi connectivity index (χ0) is 43.6. The van der Waals surface area contributed by atoms with Gasteiger partial charge in [0.1, 0.15) is 11.5 Å². The fourth-order valence-corrected chi connectivity index (χ4v) is 10.5. The van der Waals surface area contributed by atoms with Gasteiger partial charge in [-0.05, 0) is 121 Å². The molecule has 1 saturated carbocycles. The van der Waals surface area contributed by atoms with Gasteiger partial charge in [-0.25, -0.2) is 0 Å². The molecule has 62 heavy (non-hydrogen) atoms. The number of phenols is 1. The molecule has 15 heteroatoms. The highest BCUT2D eigenvalue weighted by Gasteiger charge is 2.70. The number of halogens is 3. The number of hydrogen-bond donors (Lipinski definition) is 2. The minimum atomic E-state index is -1.62. The highest BCUT2D eigenvalue weighted by Crippen LogP contribution is 2.65. The molecule has 0 bridgehead atoms. The van der Waals surface area contributed by atoms with Crippen LogP contribution < -0.4 is 20.0 Å². The second-order valence-electron chi connectivity index (χ2n) is 16.1. The largest absolute Gasteiger partial charge is 0.508 e. The lowest BCUT2D eigenvalue weighted by Gasteiger charge is -2.50. The van der Waals surface area contributed by atoms with Gasteiger partial charge in [0, 0.05) is 35.7 Å². The number of aromatic hydroxyl groups is 1. The summed E-state index contributed by atoms with van der Waals surface area (Å²) < 4.78 is 5.48. The summed E-state index contributed by atoms with van der Waals surface area (Å²) >= 11 is 19.8. The van der Waals surface area contributed by atoms with E-state index in [2.05, 4.69) is 15.7 Å². The number of ether oxygens (including phenoxy) is 1. The molecule has 2 aliphatic heterocycles. The quantitative estimate of drug-likeness (QED) is 0.0846. The summed E-state index contributed by atoms with van der Waals surface area (Å²) in [6.45, 7) is 0. The second-order valence-corrected chi connectivity index (χ2v) is 17.3. The number of hydrogen-bond acceptors (Lipinski definition) is 10. The number of rotatable bonds is 9. The van der Waals surface area contributed by atoms with Crippen LogP contribution in [0, 0.1) is 23.7 Å². The van der Waals surface area contributed by atoms with Gasteiger partial charge in [-0.1, -0.05) is 64.7 Å². The fraction of sp³-hybridized carbons (Fsp3) is 0.234. The van der Waals surface area contributed by atoms with E-state index in [0.29, 0.717) is 44.5 Å². The predicted octanol–water partition coefficient (Wildman–Crippen LogP) is 10.0. The van der Waals surface area contributed by atoms with Gasteiger partial charge in [-0.15, -0.1) is 0 Å². The lowest BCUT2D eigenvalue weighted by atomic mass is 9.49. The SMILES string of the molecule is COc1ccc([C@@]23C(=O)N(Nc4ccc(Cl)cc4Cl)C(=O)[C@@H]2C[C@@H]2C(=CC[C@@H]4C(=O)N(c5ccc(N=Nc6ccc(N(C)C)cc6)cc5)C(=O)[C@@H]42)[C@@H]3c2ccc(O)cc2Cl)cc1. The molecule has 0 spiro atoms. The first kappa shape index (κ1) is 41.2. The Kier molecular flexibility index (Phi) is 10.6. The van der Waals surface area contributed by atoms with Crippen molar-refractivity contribution in [2.45, 2.75) is 24.2 Å². The van der Waals surface area contributed by atoms with E-state index in [0.717, 1.165) is 10.7 Å². The summed E-state index contributed by atoms with van der Waals surface area (Å²) in [7, 11) is 5.44. The van der Waals surface area contributed by atoms with Crippen LogP contribution in [-0.4, -0.2) is 54.9 Å². The Morgan fingerprint density at radius 3 is 2.08 bits per heavy atom. The minimum Gasteiger partial charge on any atom is -0.508 e. The standard InChI is InChI=1S/C47H39Cl3N6O6/c1-54(2)29-11-7-27(8-12-29)51-52-28-9-13-30(14-10-28)55-43(58)35-20-19-33-36(41(35)45(55)60)24-37-44(59)56(53-40-21-6-26(48)22-39(40)50)46(61)47(37,25-4-16-32(62-3)17-5-25)42(33)34-18-15-31(57)23-38(34)49/h4-19,21-23,35-37,41-42,53,57H,20,24H2,1-3H3/t35-,36+,37-,41-,42+,47+/m0/s1. The molecule has 2 aliphatic carbocycles. The number of benzene rings is 5. The van der Waals surface area contributed by atoms with Gasteiger partial charge in [0.15, 0.2) is 0 Å². The number of nitrogens with zero attached hydrogens (tertiary/aromatic N) is 5. The van der Waals surface area contributed by atoms with Crippen molar-refractivity contribution in [3.8, 4) is 11.5 Å². The van der Waals surface area contributed by atoms with Crippen LogP contribution in [0.2, 0.25) is 15.1 Å². The number of nitrogens with one attached hydrogen (secondary N) is 1. The number of methoxy groups -OCH3 is 1. The van der Waals surface area contributed by atoms with Gasteiger partial charge in [0.25, 0.3) is 11.8 Å². The second kappa shape index (κ2) is 15.9. The van der Waals surface area contributed by atoms with Crippen molar-refractivity contribution in [2.75, 3.05) is 36.4 Å². The van der Waals surface area contributed by atoms with Gasteiger partial charge in [0.05, 0.1) is 58.1 Å². The van der Waals surface area contributed by atoms with E-state index in [1.165, 1.54) is 30.2 Å². The van der Waals surface area contributed by atoms with Crippen LogP contribution in [0.1, 0.15) is 29.9 Å². The average Bonchev–Trinajstić information content (AvgIpc) is 3.64. The monoisotopic (exact) mass is 888 g/mol. The lowest BCUT2D eigenvalue weighted by Crippen LogP contribution is -2.53. The van der Waals surface area contributed by atoms with Crippen LogP contribution >= 0.6 is 34.8 Å². The van der Waals surface area contributed by atoms with E-state index in [1.807, 2.05) is 49.3 Å². The first-order chi connectivity index (χ1) is 29.8. The van der Waals surface area contributed by atoms with E-state index >= 15 is 9.59 Å². The third kappa shape index (κ3) is 6.68. The number of hydrazine groups is 1. The molecule has 3 fully saturated rings. The summed E-state index contributed by atoms with van der Waals surface area (Å²) in [6, 6.07) is 30.5. The number of amides is 4. The van der Waals surface area contributed by atoms with Gasteiger partial charge in [0.2, 0.25) is 11.8 Å². The van der Waals surface area contributed by atoms with Crippen molar-refractivity contribution < 1.29 is 29.0 Å². The number of azo groups is 1. The van der Waals surface area contributed by atoms with Crippen molar-refractivity contribution in [2.24, 2.45) is 33.9 Å². The molecule has 9 rings (SSSR count). The predicted molar refractivity (Wildman–Crippen MR) is 238 cm³/mol. The Labute approximate surface area is 372 Å². The highest BCUT2D eigenvalue weighted by atomic mass is 35.5. The molecule has 12 nitrogen and oxygen atoms in total. The highest BCUT2D eigenvalue weighted by molar-refractivity contribution is 6.36. The summed E-state index contributed by atoms with van der Waals surface area (Å²) in [5, 5.41) is 20.9. The third-order valence-electron chi connectivity index (χ3n) is 12.6. The summed E-state index contributed by atoms with van der Waals surface area (Å²) in [5.41, 5.74) is 5.95. The average molecular weight is 890 g/mol. The Balaban J connectivity index is 1.12. The Morgan fingerprint density at radius 1 is 0.774 bits per heavy atom. The molecule has 5 aromatic rings. The van der Waals surface area contributed by atoms with E-state index in [-0.39, 0.29) is 40.2 Å². The molecule has 2 heterocycles. The van der Waals surface area contributed by atoms with Crippen LogP contribution in [0.5, 0.6) is 11.5 Å². The maximum Gasteiger partial charge on any atom is 0.260 e. The maximum absolute atomic E-state index is 15.5. The van der Waals surface area contributed by atoms with Gasteiger partial charge < -0.3 is 14.7 Å². The van der Waals surface area contributed by atoms with E-state index in [4.69, 9.17) is 39.5 Å². The van der Waals surface area contributed by atoms with Crippen LogP contribution in [0.15, 0.2) is 131 Å². The molecule has 2 saturated heterocycles. The number of phenolic OH excluding ortho intramolecular Hbond substituents is 1. The fourth-order valence-electron chi connectivity index (χ4n) is 9.79. The molecular weight excluding hydrogens is 851 g/mol. The summed E-state index contributed by atoms with van der Waals surface area (Å²) in [4.78, 5) is 62.9. The topological polar surface area (TPSA) is 144 Å². The first-order valence-corrected chi connectivity index (χ1v) is 21.0. The Morgan fingerprint density at radius 2 is 1.45 bits per heavy atom. The Bertz CT molecular complexity index is 2710. The van der Waals surface area contributed by atoms with Crippen LogP contribution in [0.3, 0.4) is 0 Å². The third-order valence-corrected chi connectivity index (χ3v) is 13.5. The summed E-state index contributed by atoms with van der Waals surface area (Å²) in [5.74, 6) is -5.63. The minimum absolute atomic E-state index is 0.0596. The van der Waals surface area contributed by atoms with Crippen LogP contribution in [0.25, 0.3) is 0 Å². The Hall–Kier alpha value is -6.21. The number of imide groups is 2. The molecule has 0 unspecified atom stereocenters. The number of carbonyl (C=O) groups is 4. The van der Waals surface area contributed by atoms with E-state index in [9.17, 15) is 14.7 Å². The zero-order valence-electron chi connectivity index (χ0n) is 33.6. The summed E-state index contributed by atoms with van der Waals surface area (Å²) in [6.07, 6.45) is 2.20. The van der Waals surface area contributed by atoms with E-state index in [1.54, 1.807) is 66.7 Å². The van der Waals surface area contributed by atoms with Crippen LogP contribution in [-0.2, 0) is 24.6 Å². The van der Waals surface area contributed by atoms with Crippen molar-refractivity contribution in [3.63, 3.8) is 0 Å². The maximum atomic E-state index is 15.5. The molecule has 2 N–H and O–H groups in total. The van der Waals surface area contributed by atoms with Gasteiger partial charge in [-0.3, -0.25) is 29.5 Å². The molecule has 5 aromatic carbocycles. The van der Waals surface area contributed by atoms with Crippen molar-refractivity contribution in [1.29, 1.82) is 0 Å². The first-order valence-electron chi connectivity index (χ1n) is 19.9. The van der Waals surface area contributed by atoms with E-state index < -0.39 is 52.7 Å². The van der Waals surface area contributed by atoms with Crippen molar-refractivity contribution >= 4 is 86.9 Å².